The number of rotatable bonds is 6. The average molecular weight is 270 g/mol. The van der Waals surface area contributed by atoms with E-state index in [9.17, 15) is 9.90 Å². The minimum Gasteiger partial charge on any atom is -0.382 e. The Kier molecular flexibility index (Phi) is 7.01. The Morgan fingerprint density at radius 3 is 2.11 bits per heavy atom. The first-order valence-corrected chi connectivity index (χ1v) is 7.89. The smallest absolute Gasteiger partial charge is 0.189 e. The summed E-state index contributed by atoms with van der Waals surface area (Å²) in [5.41, 5.74) is -1.16. The van der Waals surface area contributed by atoms with E-state index in [1.165, 1.54) is 6.42 Å². The molecule has 112 valence electrons. The third-order valence-electron chi connectivity index (χ3n) is 4.59. The van der Waals surface area contributed by atoms with Crippen LogP contribution in [-0.2, 0) is 9.53 Å². The Balaban J connectivity index is 2.78. The minimum absolute atomic E-state index is 0.0554. The maximum Gasteiger partial charge on any atom is 0.189 e. The highest BCUT2D eigenvalue weighted by Crippen LogP contribution is 2.36. The number of Topliss-reactive ketones (excluding diaryl/α,β-unsaturated/α-hetero) is 1. The van der Waals surface area contributed by atoms with Crippen molar-refractivity contribution in [2.45, 2.75) is 71.3 Å². The van der Waals surface area contributed by atoms with Gasteiger partial charge < -0.3 is 9.84 Å². The van der Waals surface area contributed by atoms with Gasteiger partial charge in [-0.05, 0) is 31.6 Å². The molecule has 1 saturated carbocycles. The van der Waals surface area contributed by atoms with Gasteiger partial charge in [-0.2, -0.15) is 0 Å². The van der Waals surface area contributed by atoms with E-state index in [0.29, 0.717) is 31.3 Å². The summed E-state index contributed by atoms with van der Waals surface area (Å²) in [6.07, 6.45) is 6.82. The first kappa shape index (κ1) is 16.6. The molecule has 3 heteroatoms. The number of hydrogen-bond acceptors (Lipinski definition) is 3. The van der Waals surface area contributed by atoms with Crippen LogP contribution in [0.5, 0.6) is 0 Å². The monoisotopic (exact) mass is 270 g/mol. The molecule has 0 saturated heterocycles. The van der Waals surface area contributed by atoms with Crippen LogP contribution >= 0.6 is 0 Å². The van der Waals surface area contributed by atoms with Crippen molar-refractivity contribution in [2.75, 3.05) is 13.2 Å². The lowest BCUT2D eigenvalue weighted by Gasteiger charge is -2.36. The van der Waals surface area contributed by atoms with Gasteiger partial charge in [0, 0.05) is 6.61 Å². The Morgan fingerprint density at radius 2 is 1.68 bits per heavy atom. The lowest BCUT2D eigenvalue weighted by Crippen LogP contribution is -2.45. The second-order valence-corrected chi connectivity index (χ2v) is 5.98. The van der Waals surface area contributed by atoms with Crippen LogP contribution in [0.2, 0.25) is 0 Å². The molecular weight excluding hydrogens is 240 g/mol. The van der Waals surface area contributed by atoms with Crippen molar-refractivity contribution < 1.29 is 14.6 Å². The number of aliphatic hydroxyl groups is 1. The molecule has 0 radical (unpaired) electrons. The normalized spacial score (nSPS) is 32.6. The van der Waals surface area contributed by atoms with Crippen LogP contribution in [0.1, 0.15) is 65.7 Å². The van der Waals surface area contributed by atoms with Crippen LogP contribution in [0.15, 0.2) is 0 Å². The minimum atomic E-state index is -1.16. The molecule has 1 fully saturated rings. The quantitative estimate of drug-likeness (QED) is 0.805. The van der Waals surface area contributed by atoms with E-state index in [-0.39, 0.29) is 12.4 Å². The van der Waals surface area contributed by atoms with E-state index in [0.717, 1.165) is 25.7 Å². The van der Waals surface area contributed by atoms with Gasteiger partial charge in [-0.1, -0.05) is 46.0 Å². The number of ether oxygens (including phenoxy) is 1. The van der Waals surface area contributed by atoms with Crippen molar-refractivity contribution in [3.05, 3.63) is 0 Å². The average Bonchev–Trinajstić information content (AvgIpc) is 2.39. The molecule has 0 amide bonds. The second-order valence-electron chi connectivity index (χ2n) is 5.98. The van der Waals surface area contributed by atoms with E-state index >= 15 is 0 Å². The number of carbonyl (C=O) groups is 1. The predicted molar refractivity (Wildman–Crippen MR) is 77.1 cm³/mol. The Bertz CT molecular complexity index is 261. The van der Waals surface area contributed by atoms with E-state index in [1.54, 1.807) is 0 Å². The Labute approximate surface area is 117 Å². The highest BCUT2D eigenvalue weighted by Gasteiger charge is 2.40. The molecule has 2 unspecified atom stereocenters. The molecule has 3 nitrogen and oxygen atoms in total. The van der Waals surface area contributed by atoms with Gasteiger partial charge in [0.05, 0.1) is 0 Å². The molecule has 1 aliphatic carbocycles. The molecule has 0 aromatic carbocycles. The highest BCUT2D eigenvalue weighted by molar-refractivity contribution is 5.88. The van der Waals surface area contributed by atoms with Crippen molar-refractivity contribution in [1.29, 1.82) is 0 Å². The van der Waals surface area contributed by atoms with Gasteiger partial charge in [0.1, 0.15) is 12.2 Å². The summed E-state index contributed by atoms with van der Waals surface area (Å²) >= 11 is 0. The summed E-state index contributed by atoms with van der Waals surface area (Å²) in [5, 5.41) is 10.8. The van der Waals surface area contributed by atoms with E-state index in [4.69, 9.17) is 4.74 Å². The van der Waals surface area contributed by atoms with Crippen LogP contribution < -0.4 is 0 Å². The van der Waals surface area contributed by atoms with Crippen LogP contribution in [0, 0.1) is 11.8 Å². The molecule has 1 aliphatic rings. The number of hydrogen-bond donors (Lipinski definition) is 1. The first-order chi connectivity index (χ1) is 9.05. The molecule has 0 spiro atoms. The molecule has 0 aromatic rings. The fourth-order valence-electron chi connectivity index (χ4n) is 3.19. The molecule has 0 aromatic heterocycles. The van der Waals surface area contributed by atoms with Crippen molar-refractivity contribution in [2.24, 2.45) is 11.8 Å². The van der Waals surface area contributed by atoms with Gasteiger partial charge in [-0.3, -0.25) is 4.79 Å². The van der Waals surface area contributed by atoms with Gasteiger partial charge in [-0.25, -0.2) is 0 Å². The molecule has 2 atom stereocenters. The second kappa shape index (κ2) is 8.01. The van der Waals surface area contributed by atoms with E-state index in [2.05, 4.69) is 13.8 Å². The van der Waals surface area contributed by atoms with Crippen LogP contribution in [0.4, 0.5) is 0 Å². The number of ketones is 1. The van der Waals surface area contributed by atoms with Gasteiger partial charge >= 0.3 is 0 Å². The zero-order valence-electron chi connectivity index (χ0n) is 12.8. The summed E-state index contributed by atoms with van der Waals surface area (Å²) in [5.74, 6) is 0.815. The molecule has 19 heavy (non-hydrogen) atoms. The predicted octanol–water partition coefficient (Wildman–Crippen LogP) is 3.34. The van der Waals surface area contributed by atoms with Gasteiger partial charge in [0.25, 0.3) is 0 Å². The van der Waals surface area contributed by atoms with Crippen molar-refractivity contribution >= 4 is 5.78 Å². The summed E-state index contributed by atoms with van der Waals surface area (Å²) in [7, 11) is 0. The Hall–Kier alpha value is -0.410. The molecule has 0 heterocycles. The standard InChI is InChI=1S/C16H30O3/c1-4-13-8-7-9-14(5-2)11-16(18,10-13)15(17)12-19-6-3/h13-14,18H,4-12H2,1-3H3. The van der Waals surface area contributed by atoms with Crippen molar-refractivity contribution in [1.82, 2.24) is 0 Å². The van der Waals surface area contributed by atoms with Gasteiger partial charge in [-0.15, -0.1) is 0 Å². The SMILES string of the molecule is CCOCC(=O)C1(O)CC(CC)CCCC(CC)C1. The van der Waals surface area contributed by atoms with Crippen LogP contribution in [0.25, 0.3) is 0 Å². The van der Waals surface area contributed by atoms with Crippen LogP contribution in [0.3, 0.4) is 0 Å². The molecule has 1 rings (SSSR count). The lowest BCUT2D eigenvalue weighted by molar-refractivity contribution is -0.147. The van der Waals surface area contributed by atoms with Crippen LogP contribution in [-0.4, -0.2) is 29.7 Å². The van der Waals surface area contributed by atoms with Crippen molar-refractivity contribution in [3.63, 3.8) is 0 Å². The zero-order valence-corrected chi connectivity index (χ0v) is 12.8. The largest absolute Gasteiger partial charge is 0.382 e. The first-order valence-electron chi connectivity index (χ1n) is 7.89. The summed E-state index contributed by atoms with van der Waals surface area (Å²) < 4.78 is 5.21. The van der Waals surface area contributed by atoms with Gasteiger partial charge in [0.2, 0.25) is 0 Å². The third-order valence-corrected chi connectivity index (χ3v) is 4.59. The topological polar surface area (TPSA) is 46.5 Å². The molecule has 0 bridgehead atoms. The highest BCUT2D eigenvalue weighted by atomic mass is 16.5. The molecular formula is C16H30O3. The fourth-order valence-corrected chi connectivity index (χ4v) is 3.19. The maximum absolute atomic E-state index is 12.3. The fraction of sp³-hybridized carbons (Fsp3) is 0.938. The molecule has 1 N–H and O–H groups in total. The maximum atomic E-state index is 12.3. The summed E-state index contributed by atoms with van der Waals surface area (Å²) in [6, 6.07) is 0. The Morgan fingerprint density at radius 1 is 1.16 bits per heavy atom. The van der Waals surface area contributed by atoms with Gasteiger partial charge in [0.15, 0.2) is 5.78 Å². The zero-order chi connectivity index (χ0) is 14.3. The number of carbonyl (C=O) groups excluding carboxylic acids is 1. The van der Waals surface area contributed by atoms with Crippen molar-refractivity contribution in [3.8, 4) is 0 Å². The van der Waals surface area contributed by atoms with E-state index in [1.807, 2.05) is 6.92 Å². The summed E-state index contributed by atoms with van der Waals surface area (Å²) in [4.78, 5) is 12.3. The summed E-state index contributed by atoms with van der Waals surface area (Å²) in [6.45, 7) is 6.75. The van der Waals surface area contributed by atoms with E-state index < -0.39 is 5.60 Å². The third kappa shape index (κ3) is 4.88. The lowest BCUT2D eigenvalue weighted by atomic mass is 9.73. The molecule has 0 aliphatic heterocycles.